The van der Waals surface area contributed by atoms with Gasteiger partial charge in [-0.05, 0) is 32.0 Å². The monoisotopic (exact) mass is 383 g/mol. The van der Waals surface area contributed by atoms with Gasteiger partial charge in [-0.25, -0.2) is 13.4 Å². The van der Waals surface area contributed by atoms with Crippen molar-refractivity contribution < 1.29 is 17.9 Å². The molecule has 7 nitrogen and oxygen atoms in total. The molecule has 1 aliphatic rings. The van der Waals surface area contributed by atoms with Crippen molar-refractivity contribution in [2.45, 2.75) is 31.0 Å². The summed E-state index contributed by atoms with van der Waals surface area (Å²) < 4.78 is 29.7. The van der Waals surface area contributed by atoms with Crippen LogP contribution in [0, 0.1) is 0 Å². The van der Waals surface area contributed by atoms with Crippen LogP contribution < -0.4 is 5.32 Å². The summed E-state index contributed by atoms with van der Waals surface area (Å²) >= 11 is 1.27. The van der Waals surface area contributed by atoms with E-state index in [2.05, 4.69) is 15.2 Å². The first-order valence-corrected chi connectivity index (χ1v) is 10.7. The lowest BCUT2D eigenvalue weighted by atomic mass is 10.2. The number of ether oxygens (including phenoxy) is 1. The van der Waals surface area contributed by atoms with E-state index in [9.17, 15) is 13.2 Å². The number of rotatable bonds is 4. The molecule has 0 bridgehead atoms. The number of amides is 1. The molecule has 136 valence electrons. The number of aromatic nitrogens is 1. The highest BCUT2D eigenvalue weighted by Crippen LogP contribution is 2.28. The van der Waals surface area contributed by atoms with Crippen LogP contribution in [0.3, 0.4) is 0 Å². The van der Waals surface area contributed by atoms with Crippen molar-refractivity contribution >= 4 is 42.4 Å². The lowest BCUT2D eigenvalue weighted by Crippen LogP contribution is -2.48. The molecule has 0 radical (unpaired) electrons. The average Bonchev–Trinajstić information content (AvgIpc) is 2.85. The minimum atomic E-state index is -3.26. The van der Waals surface area contributed by atoms with Crippen molar-refractivity contribution in [3.63, 3.8) is 0 Å². The summed E-state index contributed by atoms with van der Waals surface area (Å²) in [5.74, 6) is -0.135. The van der Waals surface area contributed by atoms with Crippen LogP contribution >= 0.6 is 11.3 Å². The Kier molecular flexibility index (Phi) is 5.10. The molecular formula is C16H21N3O4S2. The molecule has 2 heterocycles. The third-order valence-corrected chi connectivity index (χ3v) is 5.94. The standard InChI is InChI=1S/C16H21N3O4S2/c1-10-7-19(8-11(2)23-10)9-15(20)18-16-17-13-5-4-12(25(3,21)22)6-14(13)24-16/h4-6,10-11H,7-9H2,1-3H3,(H,17,18,20). The first-order chi connectivity index (χ1) is 11.7. The van der Waals surface area contributed by atoms with Crippen LogP contribution in [-0.2, 0) is 19.4 Å². The zero-order chi connectivity index (χ0) is 18.2. The second-order valence-corrected chi connectivity index (χ2v) is 9.47. The van der Waals surface area contributed by atoms with Gasteiger partial charge in [0.05, 0.1) is 33.9 Å². The Hall–Kier alpha value is -1.55. The fourth-order valence-corrected chi connectivity index (χ4v) is 4.61. The van der Waals surface area contributed by atoms with Gasteiger partial charge in [0.25, 0.3) is 0 Å². The molecule has 0 aliphatic carbocycles. The second kappa shape index (κ2) is 6.99. The molecule has 1 aliphatic heterocycles. The third kappa shape index (κ3) is 4.55. The Morgan fingerprint density at radius 1 is 1.36 bits per heavy atom. The number of benzene rings is 1. The summed E-state index contributed by atoms with van der Waals surface area (Å²) in [6.45, 7) is 5.70. The number of anilines is 1. The van der Waals surface area contributed by atoms with Gasteiger partial charge in [0.1, 0.15) is 0 Å². The van der Waals surface area contributed by atoms with Crippen LogP contribution in [0.1, 0.15) is 13.8 Å². The summed E-state index contributed by atoms with van der Waals surface area (Å²) in [5.41, 5.74) is 0.668. The molecule has 25 heavy (non-hydrogen) atoms. The van der Waals surface area contributed by atoms with Gasteiger partial charge < -0.3 is 10.1 Å². The largest absolute Gasteiger partial charge is 0.373 e. The topological polar surface area (TPSA) is 88.6 Å². The summed E-state index contributed by atoms with van der Waals surface area (Å²) in [5, 5.41) is 3.28. The van der Waals surface area contributed by atoms with Crippen molar-refractivity contribution in [2.75, 3.05) is 31.2 Å². The zero-order valence-corrected chi connectivity index (χ0v) is 16.0. The van der Waals surface area contributed by atoms with Gasteiger partial charge in [0.2, 0.25) is 5.91 Å². The number of fused-ring (bicyclic) bond motifs is 1. The highest BCUT2D eigenvalue weighted by molar-refractivity contribution is 7.90. The van der Waals surface area contributed by atoms with Gasteiger partial charge in [-0.3, -0.25) is 9.69 Å². The number of hydrogen-bond donors (Lipinski definition) is 1. The van der Waals surface area contributed by atoms with Crippen LogP contribution in [0.25, 0.3) is 10.2 Å². The molecule has 9 heteroatoms. The molecule has 1 aromatic heterocycles. The van der Waals surface area contributed by atoms with Crippen LogP contribution in [-0.4, -0.2) is 62.3 Å². The van der Waals surface area contributed by atoms with Crippen molar-refractivity contribution in [3.05, 3.63) is 18.2 Å². The molecule has 2 aromatic rings. The molecule has 1 saturated heterocycles. The van der Waals surface area contributed by atoms with Crippen LogP contribution in [0.2, 0.25) is 0 Å². The van der Waals surface area contributed by atoms with Gasteiger partial charge >= 0.3 is 0 Å². The number of nitrogens with zero attached hydrogens (tertiary/aromatic N) is 2. The first kappa shape index (κ1) is 18.2. The number of carbonyl (C=O) groups excluding carboxylic acids is 1. The lowest BCUT2D eigenvalue weighted by molar-refractivity contribution is -0.121. The molecule has 3 rings (SSSR count). The SMILES string of the molecule is CC1CN(CC(=O)Nc2nc3ccc(S(C)(=O)=O)cc3s2)CC(C)O1. The predicted molar refractivity (Wildman–Crippen MR) is 97.8 cm³/mol. The van der Waals surface area contributed by atoms with Gasteiger partial charge in [-0.15, -0.1) is 0 Å². The Labute approximate surface area is 150 Å². The molecule has 1 N–H and O–H groups in total. The third-order valence-electron chi connectivity index (χ3n) is 3.90. The molecule has 2 atom stereocenters. The van der Waals surface area contributed by atoms with E-state index in [4.69, 9.17) is 4.74 Å². The van der Waals surface area contributed by atoms with E-state index in [1.807, 2.05) is 13.8 Å². The van der Waals surface area contributed by atoms with Gasteiger partial charge in [-0.2, -0.15) is 0 Å². The number of carbonyl (C=O) groups is 1. The maximum atomic E-state index is 12.3. The molecule has 1 fully saturated rings. The maximum Gasteiger partial charge on any atom is 0.240 e. The van der Waals surface area contributed by atoms with E-state index in [1.54, 1.807) is 12.1 Å². The average molecular weight is 383 g/mol. The van der Waals surface area contributed by atoms with Crippen molar-refractivity contribution in [3.8, 4) is 0 Å². The van der Waals surface area contributed by atoms with E-state index < -0.39 is 9.84 Å². The van der Waals surface area contributed by atoms with E-state index in [0.29, 0.717) is 10.6 Å². The Morgan fingerprint density at radius 2 is 2.04 bits per heavy atom. The van der Waals surface area contributed by atoms with E-state index in [-0.39, 0.29) is 29.6 Å². The fourth-order valence-electron chi connectivity index (χ4n) is 2.96. The van der Waals surface area contributed by atoms with Crippen LogP contribution in [0.5, 0.6) is 0 Å². The number of nitrogens with one attached hydrogen (secondary N) is 1. The maximum absolute atomic E-state index is 12.3. The van der Waals surface area contributed by atoms with Crippen molar-refractivity contribution in [2.24, 2.45) is 0 Å². The second-order valence-electron chi connectivity index (χ2n) is 6.42. The predicted octanol–water partition coefficient (Wildman–Crippen LogP) is 1.75. The summed E-state index contributed by atoms with van der Waals surface area (Å²) in [7, 11) is -3.26. The summed E-state index contributed by atoms with van der Waals surface area (Å²) in [6, 6.07) is 4.77. The summed E-state index contributed by atoms with van der Waals surface area (Å²) in [6.07, 6.45) is 1.38. The Balaban J connectivity index is 1.69. The Bertz CT molecular complexity index is 884. The molecule has 2 unspecified atom stereocenters. The van der Waals surface area contributed by atoms with E-state index in [1.165, 1.54) is 23.7 Å². The van der Waals surface area contributed by atoms with Gasteiger partial charge in [-0.1, -0.05) is 11.3 Å². The van der Waals surface area contributed by atoms with Crippen molar-refractivity contribution in [1.82, 2.24) is 9.88 Å². The van der Waals surface area contributed by atoms with Gasteiger partial charge in [0, 0.05) is 19.3 Å². The van der Waals surface area contributed by atoms with Crippen molar-refractivity contribution in [1.29, 1.82) is 0 Å². The minimum absolute atomic E-state index is 0.105. The number of morpholine rings is 1. The smallest absolute Gasteiger partial charge is 0.240 e. The van der Waals surface area contributed by atoms with Crippen LogP contribution in [0.15, 0.2) is 23.1 Å². The molecule has 1 aromatic carbocycles. The summed E-state index contributed by atoms with van der Waals surface area (Å²) in [4.78, 5) is 18.9. The molecule has 1 amide bonds. The Morgan fingerprint density at radius 3 is 2.68 bits per heavy atom. The highest BCUT2D eigenvalue weighted by atomic mass is 32.2. The lowest BCUT2D eigenvalue weighted by Gasteiger charge is -2.34. The molecule has 0 saturated carbocycles. The normalized spacial score (nSPS) is 22.2. The number of hydrogen-bond acceptors (Lipinski definition) is 7. The number of thiazole rings is 1. The molecular weight excluding hydrogens is 362 g/mol. The fraction of sp³-hybridized carbons (Fsp3) is 0.500. The number of sulfone groups is 1. The van der Waals surface area contributed by atoms with E-state index in [0.717, 1.165) is 17.8 Å². The van der Waals surface area contributed by atoms with E-state index >= 15 is 0 Å². The minimum Gasteiger partial charge on any atom is -0.373 e. The highest BCUT2D eigenvalue weighted by Gasteiger charge is 2.24. The zero-order valence-electron chi connectivity index (χ0n) is 14.4. The molecule has 0 spiro atoms. The van der Waals surface area contributed by atoms with Crippen LogP contribution in [0.4, 0.5) is 5.13 Å². The first-order valence-electron chi connectivity index (χ1n) is 7.99. The quantitative estimate of drug-likeness (QED) is 0.865. The van der Waals surface area contributed by atoms with Gasteiger partial charge in [0.15, 0.2) is 15.0 Å².